The fraction of sp³-hybridized carbons (Fsp3) is 0.417. The molecule has 0 fully saturated rings. The van der Waals surface area contributed by atoms with Crippen LogP contribution in [-0.2, 0) is 4.79 Å². The number of pyridine rings is 1. The van der Waals surface area contributed by atoms with E-state index in [0.29, 0.717) is 6.42 Å². The molecule has 0 spiro atoms. The zero-order chi connectivity index (χ0) is 13.7. The van der Waals surface area contributed by atoms with Crippen LogP contribution in [0.4, 0.5) is 0 Å². The number of hydrogen-bond acceptors (Lipinski definition) is 4. The van der Waals surface area contributed by atoms with E-state index < -0.39 is 11.9 Å². The second kappa shape index (κ2) is 6.00. The lowest BCUT2D eigenvalue weighted by molar-refractivity contribution is -0.138. The molecule has 0 radical (unpaired) electrons. The number of carbonyl (C=O) groups is 2. The van der Waals surface area contributed by atoms with Crippen molar-refractivity contribution in [2.75, 3.05) is 6.54 Å². The van der Waals surface area contributed by atoms with Crippen LogP contribution in [0.3, 0.4) is 0 Å². The first-order chi connectivity index (χ1) is 8.45. The van der Waals surface area contributed by atoms with Gasteiger partial charge in [0.2, 0.25) is 0 Å². The van der Waals surface area contributed by atoms with E-state index in [2.05, 4.69) is 4.98 Å². The Balaban J connectivity index is 2.98. The number of hydrogen-bond donors (Lipinski definition) is 2. The predicted octanol–water partition coefficient (Wildman–Crippen LogP) is 1.11. The van der Waals surface area contributed by atoms with Gasteiger partial charge in [0, 0.05) is 12.2 Å². The lowest BCUT2D eigenvalue weighted by Gasteiger charge is -2.26. The fourth-order valence-electron chi connectivity index (χ4n) is 1.50. The Morgan fingerprint density at radius 2 is 2.11 bits per heavy atom. The van der Waals surface area contributed by atoms with E-state index in [4.69, 9.17) is 5.11 Å². The SMILES string of the molecule is CCC(C)N(CC(=O)O)C(=O)c1cncc(O)c1. The van der Waals surface area contributed by atoms with Crippen LogP contribution in [0.1, 0.15) is 30.6 Å². The highest BCUT2D eigenvalue weighted by molar-refractivity contribution is 5.96. The summed E-state index contributed by atoms with van der Waals surface area (Å²) in [6.45, 7) is 3.27. The number of amides is 1. The van der Waals surface area contributed by atoms with Gasteiger partial charge in [-0.05, 0) is 19.4 Å². The molecule has 0 aromatic carbocycles. The van der Waals surface area contributed by atoms with Crippen LogP contribution in [0.2, 0.25) is 0 Å². The van der Waals surface area contributed by atoms with Gasteiger partial charge in [-0.1, -0.05) is 6.92 Å². The van der Waals surface area contributed by atoms with E-state index in [1.165, 1.54) is 23.4 Å². The Morgan fingerprint density at radius 1 is 1.44 bits per heavy atom. The molecule has 1 rings (SSSR count). The highest BCUT2D eigenvalue weighted by atomic mass is 16.4. The summed E-state index contributed by atoms with van der Waals surface area (Å²) in [5, 5.41) is 18.1. The maximum atomic E-state index is 12.1. The summed E-state index contributed by atoms with van der Waals surface area (Å²) in [5.41, 5.74) is 0.177. The summed E-state index contributed by atoms with van der Waals surface area (Å²) in [7, 11) is 0. The molecule has 1 aromatic heterocycles. The number of carboxylic acids is 1. The van der Waals surface area contributed by atoms with Crippen LogP contribution in [0.5, 0.6) is 5.75 Å². The molecule has 0 bridgehead atoms. The minimum Gasteiger partial charge on any atom is -0.506 e. The van der Waals surface area contributed by atoms with Crippen molar-refractivity contribution in [3.05, 3.63) is 24.0 Å². The molecule has 1 amide bonds. The lowest BCUT2D eigenvalue weighted by Crippen LogP contribution is -2.41. The average molecular weight is 252 g/mol. The Morgan fingerprint density at radius 3 is 2.61 bits per heavy atom. The monoisotopic (exact) mass is 252 g/mol. The van der Waals surface area contributed by atoms with E-state index in [0.717, 1.165) is 0 Å². The quantitative estimate of drug-likeness (QED) is 0.819. The van der Waals surface area contributed by atoms with Crippen LogP contribution in [0, 0.1) is 0 Å². The molecule has 18 heavy (non-hydrogen) atoms. The number of aromatic hydroxyl groups is 1. The third kappa shape index (κ3) is 3.44. The van der Waals surface area contributed by atoms with Gasteiger partial charge in [0.05, 0.1) is 11.8 Å². The van der Waals surface area contributed by atoms with Crippen molar-refractivity contribution in [1.29, 1.82) is 0 Å². The zero-order valence-electron chi connectivity index (χ0n) is 10.3. The van der Waals surface area contributed by atoms with Crippen LogP contribution in [0.25, 0.3) is 0 Å². The van der Waals surface area contributed by atoms with E-state index in [1.54, 1.807) is 6.92 Å². The molecule has 2 N–H and O–H groups in total. The van der Waals surface area contributed by atoms with E-state index >= 15 is 0 Å². The topological polar surface area (TPSA) is 90.7 Å². The molecule has 1 heterocycles. The molecule has 98 valence electrons. The first-order valence-corrected chi connectivity index (χ1v) is 5.62. The number of carbonyl (C=O) groups excluding carboxylic acids is 1. The maximum Gasteiger partial charge on any atom is 0.323 e. The predicted molar refractivity (Wildman–Crippen MR) is 64.3 cm³/mol. The van der Waals surface area contributed by atoms with Gasteiger partial charge in [0.1, 0.15) is 12.3 Å². The minimum atomic E-state index is -1.07. The molecular formula is C12H16N2O4. The summed E-state index contributed by atoms with van der Waals surface area (Å²) in [6.07, 6.45) is 3.16. The van der Waals surface area contributed by atoms with Gasteiger partial charge in [-0.3, -0.25) is 14.6 Å². The van der Waals surface area contributed by atoms with Crippen molar-refractivity contribution in [1.82, 2.24) is 9.88 Å². The molecule has 0 saturated heterocycles. The van der Waals surface area contributed by atoms with Gasteiger partial charge in [-0.2, -0.15) is 0 Å². The summed E-state index contributed by atoms with van der Waals surface area (Å²) >= 11 is 0. The number of aromatic nitrogens is 1. The number of carboxylic acid groups (broad SMARTS) is 1. The second-order valence-electron chi connectivity index (χ2n) is 4.02. The average Bonchev–Trinajstić information content (AvgIpc) is 2.34. The van der Waals surface area contributed by atoms with Gasteiger partial charge < -0.3 is 15.1 Å². The molecule has 6 nitrogen and oxygen atoms in total. The van der Waals surface area contributed by atoms with Crippen molar-refractivity contribution in [3.8, 4) is 5.75 Å². The molecule has 0 aliphatic carbocycles. The Labute approximate surface area is 105 Å². The standard InChI is InChI=1S/C12H16N2O4/c1-3-8(2)14(7-11(16)17)12(18)9-4-10(15)6-13-5-9/h4-6,8,15H,3,7H2,1-2H3,(H,16,17). The van der Waals surface area contributed by atoms with Crippen molar-refractivity contribution < 1.29 is 19.8 Å². The molecule has 1 atom stereocenters. The fourth-order valence-corrected chi connectivity index (χ4v) is 1.50. The van der Waals surface area contributed by atoms with Gasteiger partial charge in [-0.15, -0.1) is 0 Å². The largest absolute Gasteiger partial charge is 0.506 e. The Bertz CT molecular complexity index is 447. The zero-order valence-corrected chi connectivity index (χ0v) is 10.3. The highest BCUT2D eigenvalue weighted by Gasteiger charge is 2.23. The molecule has 0 aliphatic heterocycles. The van der Waals surface area contributed by atoms with Gasteiger partial charge in [-0.25, -0.2) is 0 Å². The highest BCUT2D eigenvalue weighted by Crippen LogP contribution is 2.14. The van der Waals surface area contributed by atoms with Crippen molar-refractivity contribution in [2.45, 2.75) is 26.3 Å². The van der Waals surface area contributed by atoms with Crippen molar-refractivity contribution in [3.63, 3.8) is 0 Å². The van der Waals surface area contributed by atoms with Crippen LogP contribution in [0.15, 0.2) is 18.5 Å². The second-order valence-corrected chi connectivity index (χ2v) is 4.02. The number of rotatable bonds is 5. The van der Waals surface area contributed by atoms with E-state index in [1.807, 2.05) is 6.92 Å². The third-order valence-electron chi connectivity index (χ3n) is 2.66. The van der Waals surface area contributed by atoms with Gasteiger partial charge in [0.25, 0.3) is 5.91 Å². The molecule has 6 heteroatoms. The normalized spacial score (nSPS) is 11.9. The molecular weight excluding hydrogens is 236 g/mol. The van der Waals surface area contributed by atoms with Crippen LogP contribution in [-0.4, -0.2) is 44.6 Å². The summed E-state index contributed by atoms with van der Waals surface area (Å²) < 4.78 is 0. The minimum absolute atomic E-state index is 0.125. The van der Waals surface area contributed by atoms with Gasteiger partial charge >= 0.3 is 5.97 Å². The van der Waals surface area contributed by atoms with E-state index in [9.17, 15) is 14.7 Å². The molecule has 0 saturated carbocycles. The van der Waals surface area contributed by atoms with Crippen molar-refractivity contribution >= 4 is 11.9 Å². The third-order valence-corrected chi connectivity index (χ3v) is 2.66. The van der Waals surface area contributed by atoms with Crippen molar-refractivity contribution in [2.24, 2.45) is 0 Å². The summed E-state index contributed by atoms with van der Waals surface area (Å²) in [4.78, 5) is 27.9. The Hall–Kier alpha value is -2.11. The summed E-state index contributed by atoms with van der Waals surface area (Å²) in [5.74, 6) is -1.65. The first-order valence-electron chi connectivity index (χ1n) is 5.62. The number of nitrogens with zero attached hydrogens (tertiary/aromatic N) is 2. The first kappa shape index (κ1) is 14.0. The van der Waals surface area contributed by atoms with Crippen LogP contribution >= 0.6 is 0 Å². The van der Waals surface area contributed by atoms with Gasteiger partial charge in [0.15, 0.2) is 0 Å². The summed E-state index contributed by atoms with van der Waals surface area (Å²) in [6, 6.07) is 1.07. The maximum absolute atomic E-state index is 12.1. The number of aliphatic carboxylic acids is 1. The molecule has 1 unspecified atom stereocenters. The smallest absolute Gasteiger partial charge is 0.323 e. The van der Waals surface area contributed by atoms with E-state index in [-0.39, 0.29) is 23.9 Å². The lowest BCUT2D eigenvalue weighted by atomic mass is 10.1. The molecule has 0 aliphatic rings. The Kier molecular flexibility index (Phi) is 4.65. The van der Waals surface area contributed by atoms with Crippen LogP contribution < -0.4 is 0 Å². The molecule has 1 aromatic rings.